The maximum absolute atomic E-state index is 8.70. The molecular weight excluding hydrogens is 130 g/mol. The maximum atomic E-state index is 8.70. The van der Waals surface area contributed by atoms with Crippen molar-refractivity contribution in [1.82, 2.24) is 4.98 Å². The highest BCUT2D eigenvalue weighted by atomic mass is 16.4. The highest BCUT2D eigenvalue weighted by Crippen LogP contribution is 2.09. The lowest BCUT2D eigenvalue weighted by Crippen LogP contribution is -1.85. The summed E-state index contributed by atoms with van der Waals surface area (Å²) in [6, 6.07) is 0. The summed E-state index contributed by atoms with van der Waals surface area (Å²) in [7, 11) is 0. The molecule has 0 aliphatic carbocycles. The SMILES string of the molecule is CCc1nc(CO)c(C)o1. The first-order valence-electron chi connectivity index (χ1n) is 3.34. The number of hydrogen-bond donors (Lipinski definition) is 1. The van der Waals surface area contributed by atoms with Gasteiger partial charge in [-0.1, -0.05) is 6.92 Å². The molecule has 56 valence electrons. The first-order valence-corrected chi connectivity index (χ1v) is 3.34. The first-order chi connectivity index (χ1) is 4.77. The van der Waals surface area contributed by atoms with Crippen LogP contribution in [0.5, 0.6) is 0 Å². The molecule has 0 bridgehead atoms. The van der Waals surface area contributed by atoms with Crippen LogP contribution >= 0.6 is 0 Å². The van der Waals surface area contributed by atoms with Gasteiger partial charge in [0.2, 0.25) is 0 Å². The predicted molar refractivity (Wildman–Crippen MR) is 36.5 cm³/mol. The predicted octanol–water partition coefficient (Wildman–Crippen LogP) is 1.04. The normalized spacial score (nSPS) is 10.3. The summed E-state index contributed by atoms with van der Waals surface area (Å²) < 4.78 is 5.18. The van der Waals surface area contributed by atoms with Crippen LogP contribution in [-0.4, -0.2) is 10.1 Å². The van der Waals surface area contributed by atoms with Crippen LogP contribution in [0.2, 0.25) is 0 Å². The van der Waals surface area contributed by atoms with Crippen LogP contribution < -0.4 is 0 Å². The molecule has 0 saturated carbocycles. The zero-order chi connectivity index (χ0) is 7.56. The molecule has 1 rings (SSSR count). The number of hydrogen-bond acceptors (Lipinski definition) is 3. The molecule has 3 nitrogen and oxygen atoms in total. The summed E-state index contributed by atoms with van der Waals surface area (Å²) in [5.74, 6) is 1.42. The van der Waals surface area contributed by atoms with E-state index >= 15 is 0 Å². The van der Waals surface area contributed by atoms with Crippen LogP contribution in [0, 0.1) is 6.92 Å². The van der Waals surface area contributed by atoms with Crippen LogP contribution in [0.15, 0.2) is 4.42 Å². The van der Waals surface area contributed by atoms with E-state index in [4.69, 9.17) is 9.52 Å². The summed E-state index contributed by atoms with van der Waals surface area (Å²) in [5, 5.41) is 8.70. The van der Waals surface area contributed by atoms with Gasteiger partial charge in [-0.3, -0.25) is 0 Å². The van der Waals surface area contributed by atoms with E-state index in [2.05, 4.69) is 4.98 Å². The quantitative estimate of drug-likeness (QED) is 0.669. The van der Waals surface area contributed by atoms with E-state index in [0.717, 1.165) is 12.2 Å². The third-order valence-electron chi connectivity index (χ3n) is 1.39. The largest absolute Gasteiger partial charge is 0.446 e. The molecular formula is C7H11NO2. The van der Waals surface area contributed by atoms with Gasteiger partial charge in [-0.15, -0.1) is 0 Å². The highest BCUT2D eigenvalue weighted by Gasteiger charge is 2.05. The van der Waals surface area contributed by atoms with E-state index in [1.807, 2.05) is 6.92 Å². The summed E-state index contributed by atoms with van der Waals surface area (Å²) >= 11 is 0. The molecule has 0 amide bonds. The fraction of sp³-hybridized carbons (Fsp3) is 0.571. The van der Waals surface area contributed by atoms with Crippen molar-refractivity contribution < 1.29 is 9.52 Å². The topological polar surface area (TPSA) is 46.3 Å². The van der Waals surface area contributed by atoms with E-state index in [0.29, 0.717) is 11.6 Å². The molecule has 0 aromatic carbocycles. The van der Waals surface area contributed by atoms with Crippen molar-refractivity contribution >= 4 is 0 Å². The molecule has 1 N–H and O–H groups in total. The Balaban J connectivity index is 2.92. The molecule has 1 aromatic rings. The minimum atomic E-state index is -0.0324. The van der Waals surface area contributed by atoms with Crippen molar-refractivity contribution in [2.75, 3.05) is 0 Å². The fourth-order valence-corrected chi connectivity index (χ4v) is 0.786. The Morgan fingerprint density at radius 3 is 2.60 bits per heavy atom. The lowest BCUT2D eigenvalue weighted by molar-refractivity contribution is 0.275. The van der Waals surface area contributed by atoms with E-state index in [1.54, 1.807) is 6.92 Å². The number of oxazole rings is 1. The van der Waals surface area contributed by atoms with Crippen molar-refractivity contribution in [3.63, 3.8) is 0 Å². The third-order valence-corrected chi connectivity index (χ3v) is 1.39. The summed E-state index contributed by atoms with van der Waals surface area (Å²) in [6.45, 7) is 3.74. The summed E-state index contributed by atoms with van der Waals surface area (Å²) in [4.78, 5) is 4.03. The molecule has 0 fully saturated rings. The number of nitrogens with zero attached hydrogens (tertiary/aromatic N) is 1. The van der Waals surface area contributed by atoms with Gasteiger partial charge in [0.25, 0.3) is 0 Å². The van der Waals surface area contributed by atoms with Crippen LogP contribution in [0.4, 0.5) is 0 Å². The Morgan fingerprint density at radius 1 is 1.60 bits per heavy atom. The fourth-order valence-electron chi connectivity index (χ4n) is 0.786. The zero-order valence-electron chi connectivity index (χ0n) is 6.22. The molecule has 0 spiro atoms. The van der Waals surface area contributed by atoms with Gasteiger partial charge in [0.05, 0.1) is 6.61 Å². The lowest BCUT2D eigenvalue weighted by Gasteiger charge is -1.83. The molecule has 0 aliphatic heterocycles. The second kappa shape index (κ2) is 2.84. The van der Waals surface area contributed by atoms with Crippen molar-refractivity contribution in [3.05, 3.63) is 17.3 Å². The number of aryl methyl sites for hydroxylation is 2. The van der Waals surface area contributed by atoms with E-state index in [9.17, 15) is 0 Å². The Kier molecular flexibility index (Phi) is 2.06. The van der Waals surface area contributed by atoms with Crippen LogP contribution in [0.25, 0.3) is 0 Å². The molecule has 0 saturated heterocycles. The molecule has 1 heterocycles. The Hall–Kier alpha value is -0.830. The molecule has 3 heteroatoms. The van der Waals surface area contributed by atoms with Gasteiger partial charge in [0.1, 0.15) is 11.5 Å². The highest BCUT2D eigenvalue weighted by molar-refractivity contribution is 5.06. The van der Waals surface area contributed by atoms with Crippen LogP contribution in [0.3, 0.4) is 0 Å². The van der Waals surface area contributed by atoms with Gasteiger partial charge < -0.3 is 9.52 Å². The van der Waals surface area contributed by atoms with E-state index < -0.39 is 0 Å². The van der Waals surface area contributed by atoms with Crippen LogP contribution in [-0.2, 0) is 13.0 Å². The molecule has 0 radical (unpaired) electrons. The van der Waals surface area contributed by atoms with Crippen molar-refractivity contribution in [2.24, 2.45) is 0 Å². The van der Waals surface area contributed by atoms with Crippen LogP contribution in [0.1, 0.15) is 24.3 Å². The lowest BCUT2D eigenvalue weighted by atomic mass is 10.4. The van der Waals surface area contributed by atoms with E-state index in [-0.39, 0.29) is 6.61 Å². The number of aliphatic hydroxyl groups excluding tert-OH is 1. The first kappa shape index (κ1) is 7.28. The van der Waals surface area contributed by atoms with Gasteiger partial charge in [0, 0.05) is 6.42 Å². The Bertz CT molecular complexity index is 217. The standard InChI is InChI=1S/C7H11NO2/c1-3-7-8-6(4-9)5(2)10-7/h9H,3-4H2,1-2H3. The summed E-state index contributed by atoms with van der Waals surface area (Å²) in [5.41, 5.74) is 0.650. The van der Waals surface area contributed by atoms with Gasteiger partial charge >= 0.3 is 0 Å². The van der Waals surface area contributed by atoms with Gasteiger partial charge in [0.15, 0.2) is 5.89 Å². The summed E-state index contributed by atoms with van der Waals surface area (Å²) in [6.07, 6.45) is 0.779. The smallest absolute Gasteiger partial charge is 0.194 e. The Morgan fingerprint density at radius 2 is 2.30 bits per heavy atom. The Labute approximate surface area is 59.7 Å². The monoisotopic (exact) mass is 141 g/mol. The maximum Gasteiger partial charge on any atom is 0.194 e. The van der Waals surface area contributed by atoms with Gasteiger partial charge in [-0.2, -0.15) is 0 Å². The second-order valence-electron chi connectivity index (χ2n) is 2.12. The van der Waals surface area contributed by atoms with E-state index in [1.165, 1.54) is 0 Å². The second-order valence-corrected chi connectivity index (χ2v) is 2.12. The van der Waals surface area contributed by atoms with Crippen molar-refractivity contribution in [1.29, 1.82) is 0 Å². The number of rotatable bonds is 2. The van der Waals surface area contributed by atoms with Crippen molar-refractivity contribution in [3.8, 4) is 0 Å². The average molecular weight is 141 g/mol. The van der Waals surface area contributed by atoms with Gasteiger partial charge in [-0.25, -0.2) is 4.98 Å². The molecule has 10 heavy (non-hydrogen) atoms. The number of aromatic nitrogens is 1. The minimum Gasteiger partial charge on any atom is -0.446 e. The van der Waals surface area contributed by atoms with Gasteiger partial charge in [-0.05, 0) is 6.92 Å². The van der Waals surface area contributed by atoms with Crippen molar-refractivity contribution in [2.45, 2.75) is 26.9 Å². The zero-order valence-corrected chi connectivity index (χ0v) is 6.22. The molecule has 0 unspecified atom stereocenters. The molecule has 0 atom stereocenters. The minimum absolute atomic E-state index is 0.0324. The molecule has 0 aliphatic rings. The molecule has 1 aromatic heterocycles. The third kappa shape index (κ3) is 1.19. The average Bonchev–Trinajstić information content (AvgIpc) is 2.30. The number of aliphatic hydroxyl groups is 1.